The smallest absolute Gasteiger partial charge is 0.326 e. The van der Waals surface area contributed by atoms with Crippen molar-refractivity contribution in [2.24, 2.45) is 45.5 Å². The minimum atomic E-state index is -1.41. The summed E-state index contributed by atoms with van der Waals surface area (Å²) in [4.78, 5) is 149. The van der Waals surface area contributed by atoms with Crippen molar-refractivity contribution >= 4 is 65.1 Å². The summed E-state index contributed by atoms with van der Waals surface area (Å²) < 4.78 is 8.00. The van der Waals surface area contributed by atoms with Crippen LogP contribution in [-0.4, -0.2) is 172 Å². The van der Waals surface area contributed by atoms with Crippen LogP contribution in [0.5, 0.6) is 11.5 Å². The van der Waals surface area contributed by atoms with Crippen LogP contribution in [0.1, 0.15) is 127 Å². The highest BCUT2D eigenvalue weighted by atomic mass is 16.4. The van der Waals surface area contributed by atoms with Crippen LogP contribution in [0.3, 0.4) is 0 Å². The molecule has 0 spiro atoms. The standard InChI is InChI=1S/C71H103N15O13/c1-5-44(4)60(68(96)84-58(70(98)99)38-43(2)3)85-66(94)57(42-48-28-32-50(88)33-29-48)83-67(95)59-25-17-37-86(59)69(97)54(23-13-15-35-73)80-62(90)52(22-12-14-34-72)79-64(92)55(40-45-18-8-6-9-19-45)82-65(93)56(41-46-20-10-7-11-21-46)81-63(91)53(24-16-36-77-71(75)76)78-61(89)51(74)39-47-26-30-49(87)31-27-47/h6-11,18-21,26-33,43-44,51-60,87-88H,5,12-17,22-25,34-42,72-74H2,1-4H3,(H,78,89)(H,79,92)(H,80,90)(H,81,91)(H,82,93)(H,83,95)(H,84,96)(H,85,94)(H,98,99)(H4,75,76,77)/t44-,51-,52-,53-,54-,55-,56-,57-,58-,59-,60-/m0/s1/i/hD. The van der Waals surface area contributed by atoms with E-state index in [0.717, 1.165) is 0 Å². The van der Waals surface area contributed by atoms with Gasteiger partial charge in [-0.1, -0.05) is 119 Å². The van der Waals surface area contributed by atoms with E-state index in [-0.39, 0.29) is 114 Å². The summed E-state index contributed by atoms with van der Waals surface area (Å²) in [5.41, 5.74) is 27.6. The number of likely N-dealkylation sites (tertiary alicyclic amines) is 1. The van der Waals surface area contributed by atoms with E-state index in [9.17, 15) is 53.7 Å². The van der Waals surface area contributed by atoms with Gasteiger partial charge in [-0.3, -0.25) is 48.1 Å². The third-order valence-electron chi connectivity index (χ3n) is 17.2. The monoisotopic (exact) mass is 1370 g/mol. The summed E-state index contributed by atoms with van der Waals surface area (Å²) in [6.07, 6.45) is 2.54. The van der Waals surface area contributed by atoms with Gasteiger partial charge in [-0.25, -0.2) is 4.79 Å². The number of unbranched alkanes of at least 4 members (excludes halogenated alkanes) is 2. The Morgan fingerprint density at radius 3 is 1.42 bits per heavy atom. The van der Waals surface area contributed by atoms with Crippen molar-refractivity contribution in [1.82, 2.24) is 47.4 Å². The number of nitrogens with one attached hydrogen (secondary N) is 8. The molecule has 5 rings (SSSR count). The molecule has 4 aromatic rings. The van der Waals surface area contributed by atoms with Crippen LogP contribution < -0.4 is 71.2 Å². The second kappa shape index (κ2) is 41.6. The number of aromatic hydroxyl groups is 2. The molecule has 540 valence electrons. The molecule has 4 aromatic carbocycles. The lowest BCUT2D eigenvalue weighted by Gasteiger charge is -2.32. The minimum Gasteiger partial charge on any atom is -0.508 e. The van der Waals surface area contributed by atoms with Crippen molar-refractivity contribution in [3.8, 4) is 11.5 Å². The van der Waals surface area contributed by atoms with E-state index in [4.69, 9.17) is 24.3 Å². The van der Waals surface area contributed by atoms with Crippen molar-refractivity contribution < 1.29 is 64.7 Å². The SMILES string of the molecule is [2H]N[C@@H](Cc1ccc(O)cc1)C(=O)N[C@@H](CCCN=C(N)N)C(=O)N[C@@H](Cc1ccccc1)C(=O)N[C@@H](Cc1ccccc1)C(=O)N[C@@H](CCCCN)C(=O)N[C@@H](CCCCN)C(=O)N1CCC[C@H]1C(=O)N[C@@H](Cc1ccc(O)cc1)C(=O)N[C@H](C(=O)N[C@@H](CC(C)C)C(=O)O)[C@@H](C)CC. The third-order valence-corrected chi connectivity index (χ3v) is 17.2. The molecule has 28 heteroatoms. The Morgan fingerprint density at radius 2 is 0.949 bits per heavy atom. The van der Waals surface area contributed by atoms with Gasteiger partial charge in [0.15, 0.2) is 5.96 Å². The zero-order valence-corrected chi connectivity index (χ0v) is 57.1. The molecule has 1 saturated heterocycles. The number of guanidine groups is 1. The Labute approximate surface area is 580 Å². The van der Waals surface area contributed by atoms with Gasteiger partial charge in [0.1, 0.15) is 67.3 Å². The number of phenolic OH excluding ortho intramolecular Hbond substituents is 2. The molecule has 1 heterocycles. The fourth-order valence-corrected chi connectivity index (χ4v) is 11.5. The first-order valence-corrected chi connectivity index (χ1v) is 34.1. The highest BCUT2D eigenvalue weighted by molar-refractivity contribution is 5.99. The van der Waals surface area contributed by atoms with Gasteiger partial charge < -0.3 is 91.4 Å². The number of phenols is 2. The first-order valence-electron chi connectivity index (χ1n) is 34.6. The van der Waals surface area contributed by atoms with E-state index in [1.54, 1.807) is 98.8 Å². The molecule has 0 unspecified atom stereocenters. The lowest BCUT2D eigenvalue weighted by atomic mass is 9.96. The number of aliphatic carboxylic acids is 1. The average Bonchev–Trinajstić information content (AvgIpc) is 1.54. The molecule has 1 aliphatic rings. The van der Waals surface area contributed by atoms with Gasteiger partial charge in [0.25, 0.3) is 0 Å². The molecule has 28 nitrogen and oxygen atoms in total. The molecule has 0 aliphatic carbocycles. The molecule has 99 heavy (non-hydrogen) atoms. The number of carboxylic acids is 1. The summed E-state index contributed by atoms with van der Waals surface area (Å²) in [6, 6.07) is 16.6. The van der Waals surface area contributed by atoms with E-state index in [2.05, 4.69) is 53.3 Å². The van der Waals surface area contributed by atoms with Crippen molar-refractivity contribution in [3.05, 3.63) is 131 Å². The first-order chi connectivity index (χ1) is 47.8. The quantitative estimate of drug-likeness (QED) is 0.0167. The highest BCUT2D eigenvalue weighted by Gasteiger charge is 2.41. The van der Waals surface area contributed by atoms with E-state index in [0.29, 0.717) is 60.8 Å². The second-order valence-corrected chi connectivity index (χ2v) is 25.6. The number of nitrogens with zero attached hydrogens (tertiary/aromatic N) is 2. The van der Waals surface area contributed by atoms with Gasteiger partial charge in [0, 0.05) is 32.4 Å². The zero-order valence-electron chi connectivity index (χ0n) is 58.1. The summed E-state index contributed by atoms with van der Waals surface area (Å²) >= 11 is 0. The number of carboxylic acid groups (broad SMARTS) is 1. The molecular weight excluding hydrogens is 1270 g/mol. The molecule has 11 atom stereocenters. The normalized spacial score (nSPS) is 15.9. The highest BCUT2D eigenvalue weighted by Crippen LogP contribution is 2.23. The minimum absolute atomic E-state index is 0.000327. The second-order valence-electron chi connectivity index (χ2n) is 25.6. The maximum Gasteiger partial charge on any atom is 0.326 e. The molecule has 0 aromatic heterocycles. The lowest BCUT2D eigenvalue weighted by Crippen LogP contribution is -2.61. The van der Waals surface area contributed by atoms with E-state index in [1.807, 2.05) is 13.8 Å². The van der Waals surface area contributed by atoms with Crippen LogP contribution in [0.25, 0.3) is 0 Å². The molecule has 0 saturated carbocycles. The van der Waals surface area contributed by atoms with Gasteiger partial charge in [-0.15, -0.1) is 0 Å². The summed E-state index contributed by atoms with van der Waals surface area (Å²) in [5, 5.41) is 52.1. The number of hydrogen-bond donors (Lipinski definition) is 16. The largest absolute Gasteiger partial charge is 0.508 e. The van der Waals surface area contributed by atoms with Crippen LogP contribution in [0, 0.1) is 11.8 Å². The molecule has 0 bridgehead atoms. The van der Waals surface area contributed by atoms with Crippen LogP contribution in [0.2, 0.25) is 1.41 Å². The number of benzene rings is 4. The van der Waals surface area contributed by atoms with Crippen LogP contribution in [0.15, 0.2) is 114 Å². The van der Waals surface area contributed by atoms with Gasteiger partial charge in [0.2, 0.25) is 53.2 Å². The van der Waals surface area contributed by atoms with Crippen molar-refractivity contribution in [3.63, 3.8) is 0 Å². The summed E-state index contributed by atoms with van der Waals surface area (Å²) in [7, 11) is 0. The fraction of sp³-hybridized carbons (Fsp3) is 0.507. The Kier molecular flexibility index (Phi) is 32.9. The molecule has 0 radical (unpaired) electrons. The van der Waals surface area contributed by atoms with Crippen molar-refractivity contribution in [2.45, 2.75) is 191 Å². The van der Waals surface area contributed by atoms with Gasteiger partial charge in [-0.05, 0) is 148 Å². The number of hydrogen-bond acceptors (Lipinski definition) is 16. The first kappa shape index (κ1) is 78.3. The van der Waals surface area contributed by atoms with E-state index < -0.39 is 125 Å². The Balaban J connectivity index is 1.42. The number of nitrogens with two attached hydrogens (primary N) is 5. The number of carbonyl (C=O) groups is 10. The molecular formula is C71H103N15O13. The third kappa shape index (κ3) is 27.3. The maximum atomic E-state index is 15.1. The van der Waals surface area contributed by atoms with Crippen LogP contribution >= 0.6 is 0 Å². The summed E-state index contributed by atoms with van der Waals surface area (Å²) in [5.74, 6) is -8.81. The lowest BCUT2D eigenvalue weighted by molar-refractivity contribution is -0.143. The van der Waals surface area contributed by atoms with E-state index in [1.165, 1.54) is 29.2 Å². The van der Waals surface area contributed by atoms with Crippen LogP contribution in [-0.2, 0) is 73.6 Å². The van der Waals surface area contributed by atoms with E-state index >= 15 is 9.59 Å². The number of carbonyl (C=O) groups excluding carboxylic acids is 9. The Morgan fingerprint density at radius 1 is 0.525 bits per heavy atom. The topological polar surface area (TPSA) is 473 Å². The fourth-order valence-electron chi connectivity index (χ4n) is 11.5. The Bertz CT molecular complexity index is 3310. The maximum absolute atomic E-state index is 15.1. The Hall–Kier alpha value is -9.67. The van der Waals surface area contributed by atoms with Crippen LogP contribution in [0.4, 0.5) is 0 Å². The molecule has 9 amide bonds. The van der Waals surface area contributed by atoms with Gasteiger partial charge in [0.05, 0.1) is 6.04 Å². The molecule has 1 fully saturated rings. The molecule has 21 N–H and O–H groups in total. The molecule has 1 aliphatic heterocycles. The average molecular weight is 1380 g/mol. The number of rotatable bonds is 43. The van der Waals surface area contributed by atoms with Crippen molar-refractivity contribution in [2.75, 3.05) is 26.2 Å². The van der Waals surface area contributed by atoms with Crippen molar-refractivity contribution in [1.29, 1.82) is 0 Å². The summed E-state index contributed by atoms with van der Waals surface area (Å²) in [6.45, 7) is 7.79. The van der Waals surface area contributed by atoms with Gasteiger partial charge >= 0.3 is 5.97 Å². The number of aliphatic imine (C=N–C) groups is 1. The number of amides is 9. The predicted octanol–water partition coefficient (Wildman–Crippen LogP) is 1.05. The van der Waals surface area contributed by atoms with Gasteiger partial charge in [-0.2, -0.15) is 0 Å². The predicted molar refractivity (Wildman–Crippen MR) is 374 cm³/mol. The zero-order chi connectivity index (χ0) is 73.3.